The minimum absolute atomic E-state index is 0.699. The third kappa shape index (κ3) is 6.16. The van der Waals surface area contributed by atoms with E-state index in [0.717, 1.165) is 6.04 Å². The number of hydrogen-bond donors (Lipinski definition) is 1. The Morgan fingerprint density at radius 3 is 2.05 bits per heavy atom. The van der Waals surface area contributed by atoms with E-state index >= 15 is 0 Å². The molecule has 1 nitrogen and oxygen atoms in total. The van der Waals surface area contributed by atoms with Crippen LogP contribution in [0.25, 0.3) is 0 Å². The van der Waals surface area contributed by atoms with Crippen molar-refractivity contribution in [3.8, 4) is 0 Å². The molecule has 0 aromatic heterocycles. The summed E-state index contributed by atoms with van der Waals surface area (Å²) in [6, 6.07) is 0.894. The monoisotopic (exact) mass is 279 g/mol. The Bertz CT molecular complexity index is 238. The van der Waals surface area contributed by atoms with Gasteiger partial charge in [-0.1, -0.05) is 71.1 Å². The van der Waals surface area contributed by atoms with Crippen molar-refractivity contribution in [3.63, 3.8) is 0 Å². The summed E-state index contributed by atoms with van der Waals surface area (Å²) in [6.45, 7) is 3.63. The molecular weight excluding hydrogens is 242 g/mol. The maximum atomic E-state index is 3.81. The van der Waals surface area contributed by atoms with Gasteiger partial charge >= 0.3 is 0 Å². The minimum Gasteiger partial charge on any atom is -0.313 e. The van der Waals surface area contributed by atoms with Crippen LogP contribution in [0.4, 0.5) is 0 Å². The van der Waals surface area contributed by atoms with Crippen molar-refractivity contribution in [2.75, 3.05) is 6.54 Å². The van der Waals surface area contributed by atoms with Crippen LogP contribution in [0.5, 0.6) is 0 Å². The Labute approximate surface area is 127 Å². The first-order chi connectivity index (χ1) is 9.85. The normalized spacial score (nSPS) is 21.4. The van der Waals surface area contributed by atoms with Crippen molar-refractivity contribution in [2.24, 2.45) is 5.41 Å². The molecule has 2 aliphatic carbocycles. The molecule has 0 aliphatic heterocycles. The maximum absolute atomic E-state index is 3.81. The fourth-order valence-electron chi connectivity index (χ4n) is 3.92. The highest BCUT2D eigenvalue weighted by Crippen LogP contribution is 2.42. The van der Waals surface area contributed by atoms with E-state index in [1.807, 2.05) is 0 Å². The topological polar surface area (TPSA) is 12.0 Å². The molecule has 0 amide bonds. The Hall–Kier alpha value is -0.0400. The van der Waals surface area contributed by atoms with E-state index in [1.54, 1.807) is 0 Å². The van der Waals surface area contributed by atoms with Crippen LogP contribution >= 0.6 is 0 Å². The van der Waals surface area contributed by atoms with Crippen LogP contribution in [0.3, 0.4) is 0 Å². The van der Waals surface area contributed by atoms with E-state index in [9.17, 15) is 0 Å². The molecule has 0 spiro atoms. The van der Waals surface area contributed by atoms with Gasteiger partial charge in [0.05, 0.1) is 0 Å². The zero-order valence-electron chi connectivity index (χ0n) is 13.9. The molecule has 2 fully saturated rings. The lowest BCUT2D eigenvalue weighted by molar-refractivity contribution is 0.246. The molecule has 20 heavy (non-hydrogen) atoms. The molecule has 2 saturated carbocycles. The second-order valence-electron chi connectivity index (χ2n) is 7.59. The zero-order valence-corrected chi connectivity index (χ0v) is 13.9. The van der Waals surface area contributed by atoms with E-state index in [0.29, 0.717) is 5.41 Å². The van der Waals surface area contributed by atoms with E-state index in [4.69, 9.17) is 0 Å². The molecule has 0 aromatic rings. The van der Waals surface area contributed by atoms with Gasteiger partial charge < -0.3 is 5.32 Å². The number of hydrogen-bond acceptors (Lipinski definition) is 1. The Balaban J connectivity index is 1.51. The highest BCUT2D eigenvalue weighted by Gasteiger charge is 2.34. The van der Waals surface area contributed by atoms with Gasteiger partial charge in [-0.25, -0.2) is 0 Å². The van der Waals surface area contributed by atoms with Crippen molar-refractivity contribution in [3.05, 3.63) is 0 Å². The largest absolute Gasteiger partial charge is 0.313 e. The quantitative estimate of drug-likeness (QED) is 0.443. The van der Waals surface area contributed by atoms with Crippen LogP contribution in [0.1, 0.15) is 103 Å². The van der Waals surface area contributed by atoms with Crippen molar-refractivity contribution < 1.29 is 0 Å². The average molecular weight is 280 g/mol. The van der Waals surface area contributed by atoms with Gasteiger partial charge in [0.25, 0.3) is 0 Å². The number of nitrogens with one attached hydrogen (secondary N) is 1. The minimum atomic E-state index is 0.699. The molecule has 0 bridgehead atoms. The first-order valence-electron chi connectivity index (χ1n) is 9.58. The van der Waals surface area contributed by atoms with Crippen LogP contribution in [0.15, 0.2) is 0 Å². The molecule has 1 N–H and O–H groups in total. The Kier molecular flexibility index (Phi) is 7.41. The fraction of sp³-hybridized carbons (Fsp3) is 1.00. The maximum Gasteiger partial charge on any atom is 0.00684 e. The van der Waals surface area contributed by atoms with Gasteiger partial charge in [-0.05, 0) is 37.5 Å². The first-order valence-corrected chi connectivity index (χ1v) is 9.58. The summed E-state index contributed by atoms with van der Waals surface area (Å²) in [5.74, 6) is 0. The summed E-state index contributed by atoms with van der Waals surface area (Å²) in [4.78, 5) is 0. The van der Waals surface area contributed by atoms with Crippen molar-refractivity contribution in [1.29, 1.82) is 0 Å². The average Bonchev–Trinajstić information content (AvgIpc) is 3.19. The number of unbranched alkanes of at least 4 members (excludes halogenated alkanes) is 7. The lowest BCUT2D eigenvalue weighted by Gasteiger charge is -2.29. The highest BCUT2D eigenvalue weighted by atomic mass is 15.0. The van der Waals surface area contributed by atoms with Crippen LogP contribution in [0, 0.1) is 5.41 Å². The summed E-state index contributed by atoms with van der Waals surface area (Å²) in [5, 5.41) is 3.81. The second-order valence-corrected chi connectivity index (χ2v) is 7.59. The van der Waals surface area contributed by atoms with Crippen LogP contribution in [0.2, 0.25) is 0 Å². The first kappa shape index (κ1) is 16.3. The molecule has 0 aromatic carbocycles. The van der Waals surface area contributed by atoms with Gasteiger partial charge in [0, 0.05) is 12.6 Å². The molecule has 2 rings (SSSR count). The van der Waals surface area contributed by atoms with Crippen LogP contribution < -0.4 is 5.32 Å². The van der Waals surface area contributed by atoms with Gasteiger partial charge in [0.1, 0.15) is 0 Å². The molecule has 0 atom stereocenters. The van der Waals surface area contributed by atoms with E-state index in [1.165, 1.54) is 103 Å². The van der Waals surface area contributed by atoms with Crippen LogP contribution in [-0.2, 0) is 0 Å². The molecule has 0 saturated heterocycles. The fourth-order valence-corrected chi connectivity index (χ4v) is 3.92. The zero-order chi connectivity index (χ0) is 14.1. The van der Waals surface area contributed by atoms with Gasteiger partial charge in [-0.3, -0.25) is 0 Å². The van der Waals surface area contributed by atoms with Gasteiger partial charge in [-0.2, -0.15) is 0 Å². The lowest BCUT2D eigenvalue weighted by atomic mass is 9.80. The second kappa shape index (κ2) is 9.07. The molecule has 2 aliphatic rings. The summed E-state index contributed by atoms with van der Waals surface area (Å²) in [5.41, 5.74) is 0.699. The summed E-state index contributed by atoms with van der Waals surface area (Å²) >= 11 is 0. The van der Waals surface area contributed by atoms with Crippen molar-refractivity contribution in [1.82, 2.24) is 5.32 Å². The van der Waals surface area contributed by atoms with Crippen LogP contribution in [-0.4, -0.2) is 12.6 Å². The molecule has 0 unspecified atom stereocenters. The third-order valence-corrected chi connectivity index (χ3v) is 5.57. The summed E-state index contributed by atoms with van der Waals surface area (Å²) in [7, 11) is 0. The summed E-state index contributed by atoms with van der Waals surface area (Å²) < 4.78 is 0. The molecule has 0 radical (unpaired) electrons. The summed E-state index contributed by atoms with van der Waals surface area (Å²) in [6.07, 6.45) is 22.0. The predicted octanol–water partition coefficient (Wildman–Crippen LogP) is 5.83. The molecular formula is C19H37N. The molecule has 118 valence electrons. The van der Waals surface area contributed by atoms with Gasteiger partial charge in [-0.15, -0.1) is 0 Å². The van der Waals surface area contributed by atoms with E-state index < -0.39 is 0 Å². The van der Waals surface area contributed by atoms with Gasteiger partial charge in [0.2, 0.25) is 0 Å². The Morgan fingerprint density at radius 1 is 0.850 bits per heavy atom. The standard InChI is InChI=1S/C19H37N/c1-2-3-4-5-6-7-8-9-14-19(15-10-11-16-19)17-20-18-12-13-18/h18,20H,2-17H2,1H3. The Morgan fingerprint density at radius 2 is 1.45 bits per heavy atom. The lowest BCUT2D eigenvalue weighted by Crippen LogP contribution is -2.33. The van der Waals surface area contributed by atoms with Crippen molar-refractivity contribution in [2.45, 2.75) is 109 Å². The highest BCUT2D eigenvalue weighted by molar-refractivity contribution is 4.90. The van der Waals surface area contributed by atoms with E-state index in [-0.39, 0.29) is 0 Å². The smallest absolute Gasteiger partial charge is 0.00684 e. The SMILES string of the molecule is CCCCCCCCCCC1(CNC2CC2)CCCC1. The third-order valence-electron chi connectivity index (χ3n) is 5.57. The van der Waals surface area contributed by atoms with Gasteiger partial charge in [0.15, 0.2) is 0 Å². The predicted molar refractivity (Wildman–Crippen MR) is 89.2 cm³/mol. The van der Waals surface area contributed by atoms with E-state index in [2.05, 4.69) is 12.2 Å². The number of rotatable bonds is 12. The van der Waals surface area contributed by atoms with Crippen molar-refractivity contribution >= 4 is 0 Å². The molecule has 1 heteroatoms. The molecule has 0 heterocycles.